The number of ether oxygens (including phenoxy) is 1. The summed E-state index contributed by atoms with van der Waals surface area (Å²) in [4.78, 5) is 23.1. The molecule has 0 unspecified atom stereocenters. The molecule has 6 nitrogen and oxygen atoms in total. The van der Waals surface area contributed by atoms with Crippen LogP contribution >= 0.6 is 0 Å². The fraction of sp³-hybridized carbons (Fsp3) is 0.355. The minimum absolute atomic E-state index is 0.290. The number of alkyl halides is 3. The van der Waals surface area contributed by atoms with Crippen molar-refractivity contribution in [2.75, 3.05) is 6.54 Å². The second kappa shape index (κ2) is 13.0. The molecule has 0 heterocycles. The molecule has 3 N–H and O–H groups in total. The lowest BCUT2D eigenvalue weighted by Crippen LogP contribution is -2.36. The largest absolute Gasteiger partial charge is 0.486 e. The SMILES string of the molecule is O=C(NC[C@H](O)C(=O)O)c1ccc(O[C@@H](CC2CCCCC2)c2cccc(-c3ccc(C(F)(F)F)cc3)c2)cc1. The maximum atomic E-state index is 13.0. The summed E-state index contributed by atoms with van der Waals surface area (Å²) in [5.74, 6) is -0.910. The lowest BCUT2D eigenvalue weighted by atomic mass is 9.84. The average molecular weight is 556 g/mol. The van der Waals surface area contributed by atoms with E-state index in [0.717, 1.165) is 42.5 Å². The minimum atomic E-state index is -4.39. The molecule has 0 saturated heterocycles. The van der Waals surface area contributed by atoms with Crippen LogP contribution in [0, 0.1) is 5.92 Å². The number of aliphatic carboxylic acids is 1. The van der Waals surface area contributed by atoms with Gasteiger partial charge in [0.25, 0.3) is 5.91 Å². The fourth-order valence-electron chi connectivity index (χ4n) is 4.98. The number of benzene rings is 3. The van der Waals surface area contributed by atoms with Crippen LogP contribution in [-0.2, 0) is 11.0 Å². The molecule has 212 valence electrons. The molecule has 1 aliphatic carbocycles. The van der Waals surface area contributed by atoms with E-state index in [0.29, 0.717) is 17.2 Å². The molecule has 1 saturated carbocycles. The monoisotopic (exact) mass is 555 g/mol. The van der Waals surface area contributed by atoms with Gasteiger partial charge in [0, 0.05) is 5.56 Å². The van der Waals surface area contributed by atoms with Crippen LogP contribution in [0.4, 0.5) is 13.2 Å². The summed E-state index contributed by atoms with van der Waals surface area (Å²) in [5.41, 5.74) is 1.97. The van der Waals surface area contributed by atoms with Crippen molar-refractivity contribution in [2.24, 2.45) is 5.92 Å². The van der Waals surface area contributed by atoms with Gasteiger partial charge in [0.1, 0.15) is 11.9 Å². The van der Waals surface area contributed by atoms with E-state index in [1.54, 1.807) is 24.3 Å². The topological polar surface area (TPSA) is 95.9 Å². The molecular formula is C31H32F3NO5. The third-order valence-corrected chi connectivity index (χ3v) is 7.21. The first-order valence-electron chi connectivity index (χ1n) is 13.3. The maximum absolute atomic E-state index is 13.0. The van der Waals surface area contributed by atoms with Crippen LogP contribution in [0.15, 0.2) is 72.8 Å². The average Bonchev–Trinajstić information content (AvgIpc) is 2.96. The van der Waals surface area contributed by atoms with Crippen molar-refractivity contribution < 1.29 is 37.7 Å². The molecule has 0 bridgehead atoms. The maximum Gasteiger partial charge on any atom is 0.416 e. The highest BCUT2D eigenvalue weighted by Crippen LogP contribution is 2.36. The van der Waals surface area contributed by atoms with Crippen molar-refractivity contribution >= 4 is 11.9 Å². The van der Waals surface area contributed by atoms with Crippen molar-refractivity contribution in [3.8, 4) is 16.9 Å². The highest BCUT2D eigenvalue weighted by atomic mass is 19.4. The van der Waals surface area contributed by atoms with Crippen LogP contribution in [0.1, 0.15) is 66.1 Å². The first-order chi connectivity index (χ1) is 19.1. The number of nitrogens with one attached hydrogen (secondary N) is 1. The molecule has 2 atom stereocenters. The molecule has 0 radical (unpaired) electrons. The normalized spacial score (nSPS) is 15.7. The number of halogens is 3. The fourth-order valence-corrected chi connectivity index (χ4v) is 4.98. The van der Waals surface area contributed by atoms with Gasteiger partial charge in [0.2, 0.25) is 0 Å². The van der Waals surface area contributed by atoms with E-state index in [-0.39, 0.29) is 11.7 Å². The zero-order valence-corrected chi connectivity index (χ0v) is 21.9. The molecule has 1 amide bonds. The van der Waals surface area contributed by atoms with Crippen LogP contribution in [0.5, 0.6) is 5.75 Å². The summed E-state index contributed by atoms with van der Waals surface area (Å²) in [6.45, 7) is -0.412. The Labute approximate surface area is 230 Å². The van der Waals surface area contributed by atoms with Crippen LogP contribution in [0.2, 0.25) is 0 Å². The Hall–Kier alpha value is -3.85. The Morgan fingerprint density at radius 1 is 0.925 bits per heavy atom. The predicted molar refractivity (Wildman–Crippen MR) is 144 cm³/mol. The van der Waals surface area contributed by atoms with Crippen molar-refractivity contribution in [1.29, 1.82) is 0 Å². The van der Waals surface area contributed by atoms with E-state index >= 15 is 0 Å². The van der Waals surface area contributed by atoms with E-state index in [1.165, 1.54) is 31.4 Å². The second-order valence-corrected chi connectivity index (χ2v) is 10.1. The number of carbonyl (C=O) groups excluding carboxylic acids is 1. The molecule has 0 aromatic heterocycles. The van der Waals surface area contributed by atoms with Gasteiger partial charge in [-0.1, -0.05) is 62.4 Å². The molecule has 0 spiro atoms. The number of amides is 1. The number of hydrogen-bond acceptors (Lipinski definition) is 4. The van der Waals surface area contributed by atoms with E-state index in [4.69, 9.17) is 9.84 Å². The van der Waals surface area contributed by atoms with Gasteiger partial charge in [0.15, 0.2) is 6.10 Å². The number of rotatable bonds is 10. The molecule has 3 aromatic carbocycles. The van der Waals surface area contributed by atoms with E-state index in [9.17, 15) is 27.9 Å². The van der Waals surface area contributed by atoms with Crippen LogP contribution in [0.3, 0.4) is 0 Å². The second-order valence-electron chi connectivity index (χ2n) is 10.1. The number of carboxylic acids is 1. The van der Waals surface area contributed by atoms with Gasteiger partial charge < -0.3 is 20.3 Å². The van der Waals surface area contributed by atoms with Crippen LogP contribution < -0.4 is 10.1 Å². The van der Waals surface area contributed by atoms with Crippen molar-refractivity contribution in [1.82, 2.24) is 5.32 Å². The van der Waals surface area contributed by atoms with Crippen LogP contribution in [-0.4, -0.2) is 34.7 Å². The Bertz CT molecular complexity index is 1290. The number of carboxylic acid groups (broad SMARTS) is 1. The summed E-state index contributed by atoms with van der Waals surface area (Å²) in [6, 6.07) is 19.2. The molecule has 3 aromatic rings. The Morgan fingerprint density at radius 3 is 2.23 bits per heavy atom. The van der Waals surface area contributed by atoms with Gasteiger partial charge in [-0.3, -0.25) is 4.79 Å². The lowest BCUT2D eigenvalue weighted by Gasteiger charge is -2.28. The zero-order valence-electron chi connectivity index (χ0n) is 21.9. The Balaban J connectivity index is 1.52. The quantitative estimate of drug-likeness (QED) is 0.261. The standard InChI is InChI=1S/C31H32F3NO5/c32-31(33,34)25-13-9-21(10-14-25)23-7-4-8-24(18-23)28(17-20-5-2-1-3-6-20)40-26-15-11-22(12-16-26)29(37)35-19-27(36)30(38)39/h4,7-16,18,20,27-28,36H,1-3,5-6,17,19H2,(H,35,37)(H,38,39)/t27-,28-/m0/s1. The zero-order chi connectivity index (χ0) is 28.7. The third kappa shape index (κ3) is 7.85. The smallest absolute Gasteiger partial charge is 0.416 e. The summed E-state index contributed by atoms with van der Waals surface area (Å²) >= 11 is 0. The molecule has 1 aliphatic rings. The number of aliphatic hydroxyl groups is 1. The van der Waals surface area contributed by atoms with Gasteiger partial charge in [-0.05, 0) is 71.5 Å². The van der Waals surface area contributed by atoms with E-state index in [1.807, 2.05) is 24.3 Å². The summed E-state index contributed by atoms with van der Waals surface area (Å²) in [5, 5.41) is 20.5. The summed E-state index contributed by atoms with van der Waals surface area (Å²) < 4.78 is 45.5. The molecule has 9 heteroatoms. The van der Waals surface area contributed by atoms with Crippen molar-refractivity contribution in [3.63, 3.8) is 0 Å². The Kier molecular flexibility index (Phi) is 9.47. The molecule has 0 aliphatic heterocycles. The minimum Gasteiger partial charge on any atom is -0.486 e. The summed E-state index contributed by atoms with van der Waals surface area (Å²) in [6.07, 6.45) is 0.180. The van der Waals surface area contributed by atoms with Gasteiger partial charge in [-0.2, -0.15) is 13.2 Å². The van der Waals surface area contributed by atoms with E-state index < -0.39 is 36.3 Å². The Morgan fingerprint density at radius 2 is 1.60 bits per heavy atom. The highest BCUT2D eigenvalue weighted by Gasteiger charge is 2.30. The predicted octanol–water partition coefficient (Wildman–Crippen LogP) is 6.64. The van der Waals surface area contributed by atoms with Gasteiger partial charge in [0.05, 0.1) is 12.1 Å². The molecule has 40 heavy (non-hydrogen) atoms. The summed E-state index contributed by atoms with van der Waals surface area (Å²) in [7, 11) is 0. The van der Waals surface area contributed by atoms with E-state index in [2.05, 4.69) is 5.32 Å². The van der Waals surface area contributed by atoms with Crippen molar-refractivity contribution in [2.45, 2.75) is 56.9 Å². The number of hydrogen-bond donors (Lipinski definition) is 3. The first kappa shape index (κ1) is 29.1. The lowest BCUT2D eigenvalue weighted by molar-refractivity contribution is -0.146. The van der Waals surface area contributed by atoms with Crippen molar-refractivity contribution in [3.05, 3.63) is 89.5 Å². The van der Waals surface area contributed by atoms with Crippen LogP contribution in [0.25, 0.3) is 11.1 Å². The molecule has 1 fully saturated rings. The number of carbonyl (C=O) groups is 2. The van der Waals surface area contributed by atoms with Gasteiger partial charge in [-0.25, -0.2) is 4.79 Å². The molecule has 4 rings (SSSR count). The highest BCUT2D eigenvalue weighted by molar-refractivity contribution is 5.94. The third-order valence-electron chi connectivity index (χ3n) is 7.21. The first-order valence-corrected chi connectivity index (χ1v) is 13.3. The van der Waals surface area contributed by atoms with Gasteiger partial charge in [-0.15, -0.1) is 0 Å². The number of aliphatic hydroxyl groups excluding tert-OH is 1. The molecular weight excluding hydrogens is 523 g/mol. The van der Waals surface area contributed by atoms with Gasteiger partial charge >= 0.3 is 12.1 Å².